The van der Waals surface area contributed by atoms with Gasteiger partial charge in [-0.25, -0.2) is 9.59 Å². The van der Waals surface area contributed by atoms with Gasteiger partial charge in [0.05, 0.1) is 12.6 Å². The average molecular weight is 477 g/mol. The summed E-state index contributed by atoms with van der Waals surface area (Å²) < 4.78 is 15.7. The van der Waals surface area contributed by atoms with Crippen LogP contribution in [0.5, 0.6) is 0 Å². The van der Waals surface area contributed by atoms with E-state index in [0.29, 0.717) is 6.42 Å². The number of nitrogens with zero attached hydrogens (tertiary/aromatic N) is 1. The van der Waals surface area contributed by atoms with Crippen molar-refractivity contribution in [3.63, 3.8) is 0 Å². The Morgan fingerprint density at radius 3 is 2.43 bits per heavy atom. The van der Waals surface area contributed by atoms with Gasteiger partial charge in [0.1, 0.15) is 6.61 Å². The molecule has 10 nitrogen and oxygen atoms in total. The number of benzene rings is 2. The Bertz CT molecular complexity index is 1230. The summed E-state index contributed by atoms with van der Waals surface area (Å²) in [6.07, 6.45) is -1.33. The van der Waals surface area contributed by atoms with E-state index >= 15 is 0 Å². The van der Waals surface area contributed by atoms with Crippen LogP contribution in [0.2, 0.25) is 0 Å². The standard InChI is InChI=1S/C25H23N3O7/c29-23(27-20-9-10-33-22(20)24(30)31)21-11-14(35-28-21)12-26-25(32)34-13-19-17-7-3-1-5-15(17)16-6-2-4-8-18(16)19/h1-8,11,19-20,22H,9-10,12-13H2,(H,26,32)(H,27,29)(H,30,31)/t20-,22+/m0/s1. The summed E-state index contributed by atoms with van der Waals surface area (Å²) in [5.74, 6) is -1.52. The highest BCUT2D eigenvalue weighted by molar-refractivity contribution is 5.93. The van der Waals surface area contributed by atoms with Crippen molar-refractivity contribution in [2.75, 3.05) is 13.2 Å². The molecule has 3 aromatic rings. The second-order valence-corrected chi connectivity index (χ2v) is 8.36. The van der Waals surface area contributed by atoms with Gasteiger partial charge in [-0.05, 0) is 28.7 Å². The van der Waals surface area contributed by atoms with Crippen LogP contribution in [0.3, 0.4) is 0 Å². The van der Waals surface area contributed by atoms with E-state index in [4.69, 9.17) is 19.1 Å². The molecular weight excluding hydrogens is 454 g/mol. The summed E-state index contributed by atoms with van der Waals surface area (Å²) in [4.78, 5) is 35.9. The molecule has 2 aromatic carbocycles. The third-order valence-corrected chi connectivity index (χ3v) is 6.19. The second kappa shape index (κ2) is 9.59. The van der Waals surface area contributed by atoms with Gasteiger partial charge < -0.3 is 29.7 Å². The third-order valence-electron chi connectivity index (χ3n) is 6.19. The van der Waals surface area contributed by atoms with Gasteiger partial charge in [-0.1, -0.05) is 53.7 Å². The van der Waals surface area contributed by atoms with E-state index < -0.39 is 30.1 Å². The Morgan fingerprint density at radius 1 is 1.06 bits per heavy atom. The number of fused-ring (bicyclic) bond motifs is 3. The maximum Gasteiger partial charge on any atom is 0.407 e. The Balaban J connectivity index is 1.14. The first-order chi connectivity index (χ1) is 17.0. The van der Waals surface area contributed by atoms with Crippen molar-refractivity contribution >= 4 is 18.0 Å². The molecule has 2 heterocycles. The number of amides is 2. The fourth-order valence-corrected chi connectivity index (χ4v) is 4.54. The zero-order valence-electron chi connectivity index (χ0n) is 18.6. The van der Waals surface area contributed by atoms with Gasteiger partial charge in [-0.3, -0.25) is 4.79 Å². The molecule has 0 spiro atoms. The second-order valence-electron chi connectivity index (χ2n) is 8.36. The van der Waals surface area contributed by atoms with Crippen molar-refractivity contribution in [1.82, 2.24) is 15.8 Å². The third kappa shape index (κ3) is 4.60. The molecule has 1 aliphatic heterocycles. The lowest BCUT2D eigenvalue weighted by Crippen LogP contribution is -2.44. The molecular formula is C25H23N3O7. The van der Waals surface area contributed by atoms with Crippen molar-refractivity contribution in [2.45, 2.75) is 31.0 Å². The first kappa shape index (κ1) is 22.6. The molecule has 2 amide bonds. The minimum absolute atomic E-state index is 0.0228. The van der Waals surface area contributed by atoms with Crippen LogP contribution in [-0.4, -0.2) is 53.6 Å². The quantitative estimate of drug-likeness (QED) is 0.472. The van der Waals surface area contributed by atoms with Crippen LogP contribution in [0, 0.1) is 0 Å². The largest absolute Gasteiger partial charge is 0.479 e. The highest BCUT2D eigenvalue weighted by Crippen LogP contribution is 2.44. The zero-order chi connectivity index (χ0) is 24.4. The van der Waals surface area contributed by atoms with Crippen LogP contribution in [0.1, 0.15) is 39.7 Å². The van der Waals surface area contributed by atoms with Gasteiger partial charge in [-0.2, -0.15) is 0 Å². The number of carboxylic acid groups (broad SMARTS) is 1. The molecule has 10 heteroatoms. The normalized spacial score (nSPS) is 18.5. The summed E-state index contributed by atoms with van der Waals surface area (Å²) in [5.41, 5.74) is 4.49. The van der Waals surface area contributed by atoms with E-state index in [2.05, 4.69) is 27.9 Å². The van der Waals surface area contributed by atoms with E-state index in [-0.39, 0.29) is 37.1 Å². The van der Waals surface area contributed by atoms with E-state index in [1.807, 2.05) is 36.4 Å². The van der Waals surface area contributed by atoms with Crippen LogP contribution in [0.25, 0.3) is 11.1 Å². The summed E-state index contributed by atoms with van der Waals surface area (Å²) in [7, 11) is 0. The number of nitrogens with one attached hydrogen (secondary N) is 2. The molecule has 1 aliphatic carbocycles. The van der Waals surface area contributed by atoms with Gasteiger partial charge in [0, 0.05) is 18.6 Å². The van der Waals surface area contributed by atoms with E-state index in [9.17, 15) is 14.4 Å². The van der Waals surface area contributed by atoms with Crippen molar-refractivity contribution in [2.24, 2.45) is 0 Å². The van der Waals surface area contributed by atoms with Crippen LogP contribution in [-0.2, 0) is 20.8 Å². The molecule has 2 aliphatic rings. The first-order valence-electron chi connectivity index (χ1n) is 11.2. The minimum atomic E-state index is -1.14. The monoisotopic (exact) mass is 477 g/mol. The predicted octanol–water partition coefficient (Wildman–Crippen LogP) is 2.69. The number of alkyl carbamates (subject to hydrolysis) is 1. The fourth-order valence-electron chi connectivity index (χ4n) is 4.54. The molecule has 2 atom stereocenters. The topological polar surface area (TPSA) is 140 Å². The van der Waals surface area contributed by atoms with E-state index in [0.717, 1.165) is 22.3 Å². The number of carbonyl (C=O) groups is 3. The molecule has 1 saturated heterocycles. The SMILES string of the molecule is O=C(NCc1cc(C(=O)N[C@H]2CCO[C@H]2C(=O)O)no1)OCC1c2ccccc2-c2ccccc21. The Morgan fingerprint density at radius 2 is 1.74 bits per heavy atom. The number of carbonyl (C=O) groups excluding carboxylic acids is 2. The predicted molar refractivity (Wildman–Crippen MR) is 122 cm³/mol. The van der Waals surface area contributed by atoms with Crippen LogP contribution < -0.4 is 10.6 Å². The number of aromatic nitrogens is 1. The smallest absolute Gasteiger partial charge is 0.407 e. The summed E-state index contributed by atoms with van der Waals surface area (Å²) in [6.45, 7) is 0.398. The molecule has 0 unspecified atom stereocenters. The minimum Gasteiger partial charge on any atom is -0.479 e. The van der Waals surface area contributed by atoms with Crippen LogP contribution in [0.4, 0.5) is 4.79 Å². The molecule has 1 aromatic heterocycles. The Kier molecular flexibility index (Phi) is 6.19. The lowest BCUT2D eigenvalue weighted by Gasteiger charge is -2.15. The Hall–Kier alpha value is -4.18. The number of hydrogen-bond donors (Lipinski definition) is 3. The number of aliphatic carboxylic acids is 1. The number of carboxylic acids is 1. The fraction of sp³-hybridized carbons (Fsp3) is 0.280. The summed E-state index contributed by atoms with van der Waals surface area (Å²) >= 11 is 0. The van der Waals surface area contributed by atoms with Gasteiger partial charge in [0.15, 0.2) is 17.6 Å². The van der Waals surface area contributed by atoms with Crippen molar-refractivity contribution in [3.8, 4) is 11.1 Å². The van der Waals surface area contributed by atoms with Crippen LogP contribution >= 0.6 is 0 Å². The lowest BCUT2D eigenvalue weighted by atomic mass is 9.98. The summed E-state index contributed by atoms with van der Waals surface area (Å²) in [6, 6.07) is 16.9. The van der Waals surface area contributed by atoms with Crippen molar-refractivity contribution < 1.29 is 33.5 Å². The van der Waals surface area contributed by atoms with E-state index in [1.165, 1.54) is 6.07 Å². The zero-order valence-corrected chi connectivity index (χ0v) is 18.6. The summed E-state index contributed by atoms with van der Waals surface area (Å²) in [5, 5.41) is 18.0. The van der Waals surface area contributed by atoms with Gasteiger partial charge in [-0.15, -0.1) is 0 Å². The molecule has 0 saturated carbocycles. The lowest BCUT2D eigenvalue weighted by molar-refractivity contribution is -0.148. The molecule has 180 valence electrons. The number of hydrogen-bond acceptors (Lipinski definition) is 7. The highest BCUT2D eigenvalue weighted by Gasteiger charge is 2.36. The maximum absolute atomic E-state index is 12.4. The van der Waals surface area contributed by atoms with Gasteiger partial charge in [0.25, 0.3) is 5.91 Å². The first-order valence-corrected chi connectivity index (χ1v) is 11.2. The molecule has 0 radical (unpaired) electrons. The van der Waals surface area contributed by atoms with Crippen LogP contribution in [0.15, 0.2) is 59.1 Å². The molecule has 3 N–H and O–H groups in total. The molecule has 35 heavy (non-hydrogen) atoms. The van der Waals surface area contributed by atoms with Crippen molar-refractivity contribution in [1.29, 1.82) is 0 Å². The maximum atomic E-state index is 12.4. The highest BCUT2D eigenvalue weighted by atomic mass is 16.5. The average Bonchev–Trinajstić information content (AvgIpc) is 3.59. The molecule has 5 rings (SSSR count). The van der Waals surface area contributed by atoms with Gasteiger partial charge >= 0.3 is 12.1 Å². The van der Waals surface area contributed by atoms with E-state index in [1.54, 1.807) is 0 Å². The molecule has 1 fully saturated rings. The Labute approximate surface area is 200 Å². The number of rotatable bonds is 7. The number of ether oxygens (including phenoxy) is 2. The molecule has 0 bridgehead atoms. The van der Waals surface area contributed by atoms with Crippen molar-refractivity contribution in [3.05, 3.63) is 77.2 Å². The van der Waals surface area contributed by atoms with Gasteiger partial charge in [0.2, 0.25) is 0 Å².